The molecule has 2 aliphatic heterocycles. The third kappa shape index (κ3) is 3.26. The molecular formula is C21H25N3O4. The van der Waals surface area contributed by atoms with Gasteiger partial charge in [-0.15, -0.1) is 0 Å². The van der Waals surface area contributed by atoms with Crippen LogP contribution in [0.1, 0.15) is 35.9 Å². The molecule has 7 heteroatoms. The molecule has 1 spiro atoms. The van der Waals surface area contributed by atoms with Gasteiger partial charge in [0.2, 0.25) is 5.91 Å². The van der Waals surface area contributed by atoms with E-state index in [0.29, 0.717) is 38.0 Å². The van der Waals surface area contributed by atoms with Crippen molar-refractivity contribution in [3.05, 3.63) is 54.0 Å². The molecular weight excluding hydrogens is 358 g/mol. The molecule has 0 radical (unpaired) electrons. The summed E-state index contributed by atoms with van der Waals surface area (Å²) in [4.78, 5) is 29.3. The molecule has 3 heterocycles. The Bertz CT molecular complexity index is 839. The molecule has 148 valence electrons. The molecule has 2 aromatic rings. The van der Waals surface area contributed by atoms with Crippen LogP contribution in [0.5, 0.6) is 5.75 Å². The van der Waals surface area contributed by atoms with E-state index in [4.69, 9.17) is 9.15 Å². The van der Waals surface area contributed by atoms with Crippen molar-refractivity contribution < 1.29 is 18.7 Å². The van der Waals surface area contributed by atoms with E-state index in [1.165, 1.54) is 0 Å². The smallest absolute Gasteiger partial charge is 0.253 e. The number of nitrogens with zero attached hydrogens (tertiary/aromatic N) is 2. The Labute approximate surface area is 164 Å². The molecule has 1 aromatic heterocycles. The third-order valence-electron chi connectivity index (χ3n) is 5.75. The van der Waals surface area contributed by atoms with Gasteiger partial charge in [0, 0.05) is 31.5 Å². The lowest BCUT2D eigenvalue weighted by molar-refractivity contribution is -0.134. The van der Waals surface area contributed by atoms with E-state index in [2.05, 4.69) is 5.32 Å². The predicted molar refractivity (Wildman–Crippen MR) is 103 cm³/mol. The van der Waals surface area contributed by atoms with Crippen molar-refractivity contribution in [3.63, 3.8) is 0 Å². The van der Waals surface area contributed by atoms with Crippen molar-refractivity contribution in [1.82, 2.24) is 15.1 Å². The van der Waals surface area contributed by atoms with Crippen LogP contribution in [0.4, 0.5) is 0 Å². The number of amides is 2. The van der Waals surface area contributed by atoms with E-state index in [0.717, 1.165) is 11.5 Å². The highest BCUT2D eigenvalue weighted by Gasteiger charge is 2.50. The molecule has 0 aliphatic carbocycles. The molecule has 2 aliphatic rings. The van der Waals surface area contributed by atoms with E-state index in [1.54, 1.807) is 37.6 Å². The minimum atomic E-state index is -0.431. The van der Waals surface area contributed by atoms with Crippen molar-refractivity contribution in [2.75, 3.05) is 20.2 Å². The zero-order chi connectivity index (χ0) is 19.7. The minimum absolute atomic E-state index is 0.00691. The number of nitrogens with one attached hydrogen (secondary N) is 1. The molecule has 2 fully saturated rings. The summed E-state index contributed by atoms with van der Waals surface area (Å²) in [6.07, 6.45) is 2.99. The van der Waals surface area contributed by atoms with E-state index in [1.807, 2.05) is 28.9 Å². The maximum Gasteiger partial charge on any atom is 0.253 e. The zero-order valence-corrected chi connectivity index (χ0v) is 16.2. The van der Waals surface area contributed by atoms with Crippen LogP contribution in [0.3, 0.4) is 0 Å². The summed E-state index contributed by atoms with van der Waals surface area (Å²) >= 11 is 0. The lowest BCUT2D eigenvalue weighted by atomic mass is 9.95. The van der Waals surface area contributed by atoms with Gasteiger partial charge in [0.15, 0.2) is 0 Å². The van der Waals surface area contributed by atoms with Gasteiger partial charge in [-0.25, -0.2) is 0 Å². The standard InChI is InChI=1S/C21H25N3O4/c1-15-19(25)24(14-18-4-3-13-28-18)21(22-15)9-11-23(12-10-21)20(26)16-5-7-17(27-2)8-6-16/h3-8,13,15,22H,9-12,14H2,1-2H3/t15-/m0/s1. The molecule has 0 unspecified atom stereocenters. The summed E-state index contributed by atoms with van der Waals surface area (Å²) in [6.45, 7) is 3.51. The van der Waals surface area contributed by atoms with E-state index in [-0.39, 0.29) is 17.9 Å². The molecule has 4 rings (SSSR count). The lowest BCUT2D eigenvalue weighted by Gasteiger charge is -2.44. The minimum Gasteiger partial charge on any atom is -0.497 e. The molecule has 2 amide bonds. The molecule has 1 N–H and O–H groups in total. The number of piperidine rings is 1. The van der Waals surface area contributed by atoms with Gasteiger partial charge in [-0.1, -0.05) is 0 Å². The van der Waals surface area contributed by atoms with Gasteiger partial charge in [0.1, 0.15) is 11.5 Å². The van der Waals surface area contributed by atoms with Gasteiger partial charge in [0.25, 0.3) is 5.91 Å². The van der Waals surface area contributed by atoms with Crippen molar-refractivity contribution >= 4 is 11.8 Å². The topological polar surface area (TPSA) is 75.0 Å². The second-order valence-electron chi connectivity index (χ2n) is 7.42. The Hall–Kier alpha value is -2.80. The van der Waals surface area contributed by atoms with Crippen molar-refractivity contribution in [2.24, 2.45) is 0 Å². The van der Waals surface area contributed by atoms with Crippen LogP contribution >= 0.6 is 0 Å². The summed E-state index contributed by atoms with van der Waals surface area (Å²) in [5, 5.41) is 3.48. The number of ether oxygens (including phenoxy) is 1. The van der Waals surface area contributed by atoms with Crippen LogP contribution in [0.25, 0.3) is 0 Å². The molecule has 0 bridgehead atoms. The van der Waals surface area contributed by atoms with Gasteiger partial charge in [-0.3, -0.25) is 14.9 Å². The molecule has 1 aromatic carbocycles. The van der Waals surface area contributed by atoms with Crippen molar-refractivity contribution in [1.29, 1.82) is 0 Å². The Kier molecular flexibility index (Phi) is 4.85. The fourth-order valence-corrected chi connectivity index (χ4v) is 4.19. The third-order valence-corrected chi connectivity index (χ3v) is 5.75. The number of rotatable bonds is 4. The maximum atomic E-state index is 12.8. The Morgan fingerprint density at radius 3 is 2.57 bits per heavy atom. The van der Waals surface area contributed by atoms with Crippen LogP contribution in [-0.2, 0) is 11.3 Å². The molecule has 2 saturated heterocycles. The molecule has 1 atom stereocenters. The average Bonchev–Trinajstić information content (AvgIpc) is 3.31. The largest absolute Gasteiger partial charge is 0.497 e. The Balaban J connectivity index is 1.46. The fraction of sp³-hybridized carbons (Fsp3) is 0.429. The number of benzene rings is 1. The number of carbonyl (C=O) groups excluding carboxylic acids is 2. The van der Waals surface area contributed by atoms with E-state index in [9.17, 15) is 9.59 Å². The predicted octanol–water partition coefficient (Wildman–Crippen LogP) is 2.24. The molecule has 0 saturated carbocycles. The zero-order valence-electron chi connectivity index (χ0n) is 16.2. The molecule has 28 heavy (non-hydrogen) atoms. The highest BCUT2D eigenvalue weighted by atomic mass is 16.5. The van der Waals surface area contributed by atoms with Crippen LogP contribution < -0.4 is 10.1 Å². The number of carbonyl (C=O) groups is 2. The highest BCUT2D eigenvalue weighted by molar-refractivity contribution is 5.94. The quantitative estimate of drug-likeness (QED) is 0.876. The highest BCUT2D eigenvalue weighted by Crippen LogP contribution is 2.34. The number of likely N-dealkylation sites (tertiary alicyclic amines) is 1. The molecule has 7 nitrogen and oxygen atoms in total. The second kappa shape index (κ2) is 7.31. The van der Waals surface area contributed by atoms with Crippen molar-refractivity contribution in [3.8, 4) is 5.75 Å². The number of furan rings is 1. The maximum absolute atomic E-state index is 12.8. The Morgan fingerprint density at radius 2 is 1.96 bits per heavy atom. The number of methoxy groups -OCH3 is 1. The van der Waals surface area contributed by atoms with E-state index < -0.39 is 5.66 Å². The monoisotopic (exact) mass is 383 g/mol. The first kappa shape index (κ1) is 18.6. The lowest BCUT2D eigenvalue weighted by Crippen LogP contribution is -2.59. The number of hydrogen-bond donors (Lipinski definition) is 1. The number of hydrogen-bond acceptors (Lipinski definition) is 5. The van der Waals surface area contributed by atoms with Crippen LogP contribution in [0.15, 0.2) is 47.1 Å². The first-order valence-corrected chi connectivity index (χ1v) is 9.57. The van der Waals surface area contributed by atoms with Crippen LogP contribution in [-0.4, -0.2) is 53.5 Å². The SMILES string of the molecule is COc1ccc(C(=O)N2CCC3(CC2)N[C@@H](C)C(=O)N3Cc2ccco2)cc1. The Morgan fingerprint density at radius 1 is 1.25 bits per heavy atom. The van der Waals surface area contributed by atoms with Crippen molar-refractivity contribution in [2.45, 2.75) is 38.0 Å². The van der Waals surface area contributed by atoms with Gasteiger partial charge < -0.3 is 19.0 Å². The van der Waals surface area contributed by atoms with Gasteiger partial charge in [-0.2, -0.15) is 0 Å². The second-order valence-corrected chi connectivity index (χ2v) is 7.42. The summed E-state index contributed by atoms with van der Waals surface area (Å²) in [7, 11) is 1.60. The first-order chi connectivity index (χ1) is 13.5. The average molecular weight is 383 g/mol. The van der Waals surface area contributed by atoms with Gasteiger partial charge >= 0.3 is 0 Å². The van der Waals surface area contributed by atoms with Crippen LogP contribution in [0.2, 0.25) is 0 Å². The van der Waals surface area contributed by atoms with Crippen LogP contribution in [0, 0.1) is 0 Å². The fourth-order valence-electron chi connectivity index (χ4n) is 4.19. The summed E-state index contributed by atoms with van der Waals surface area (Å²) in [5.74, 6) is 1.57. The summed E-state index contributed by atoms with van der Waals surface area (Å²) < 4.78 is 10.6. The van der Waals surface area contributed by atoms with Gasteiger partial charge in [0.05, 0.1) is 31.6 Å². The summed E-state index contributed by atoms with van der Waals surface area (Å²) in [5.41, 5.74) is 0.216. The van der Waals surface area contributed by atoms with Gasteiger partial charge in [-0.05, 0) is 43.3 Å². The summed E-state index contributed by atoms with van der Waals surface area (Å²) in [6, 6.07) is 10.6. The normalized spacial score (nSPS) is 21.4. The first-order valence-electron chi connectivity index (χ1n) is 9.57. The van der Waals surface area contributed by atoms with E-state index >= 15 is 0 Å².